The van der Waals surface area contributed by atoms with Gasteiger partial charge in [0, 0.05) is 51.0 Å². The fourth-order valence-electron chi connectivity index (χ4n) is 3.75. The number of ether oxygens (including phenoxy) is 1. The van der Waals surface area contributed by atoms with Crippen molar-refractivity contribution >= 4 is 5.96 Å². The summed E-state index contributed by atoms with van der Waals surface area (Å²) in [5.74, 6) is 1.52. The largest absolute Gasteiger partial charge is 0.478 e. The standard InChI is InChI=1S/C24H35N5O/c1-4-16-30-23-11-10-20(17-26-23)18-27-24(25-3)28-22-12-14-29(15-13-22)19(2)21-8-6-5-7-9-21/h5-11,17,19,22H,4,12-16,18H2,1-3H3,(H2,25,27,28). The van der Waals surface area contributed by atoms with Crippen molar-refractivity contribution < 1.29 is 4.74 Å². The molecule has 0 aliphatic carbocycles. The van der Waals surface area contributed by atoms with E-state index in [1.54, 1.807) is 0 Å². The normalized spacial score (nSPS) is 16.8. The SMILES string of the molecule is CCCOc1ccc(CNC(=NC)NC2CCN(C(C)c3ccccc3)CC2)cn1. The predicted octanol–water partition coefficient (Wildman–Crippen LogP) is 3.76. The Bertz CT molecular complexity index is 770. The molecular formula is C24H35N5O. The number of piperidine rings is 1. The van der Waals surface area contributed by atoms with Crippen molar-refractivity contribution in [1.29, 1.82) is 0 Å². The number of rotatable bonds is 8. The van der Waals surface area contributed by atoms with Gasteiger partial charge in [-0.2, -0.15) is 0 Å². The van der Waals surface area contributed by atoms with Crippen molar-refractivity contribution in [1.82, 2.24) is 20.5 Å². The summed E-state index contributed by atoms with van der Waals surface area (Å²) in [6.45, 7) is 7.96. The Morgan fingerprint density at radius 2 is 1.97 bits per heavy atom. The van der Waals surface area contributed by atoms with Gasteiger partial charge in [0.1, 0.15) is 0 Å². The summed E-state index contributed by atoms with van der Waals surface area (Å²) in [5, 5.41) is 6.98. The van der Waals surface area contributed by atoms with Crippen molar-refractivity contribution in [2.45, 2.75) is 51.7 Å². The number of pyridine rings is 1. The van der Waals surface area contributed by atoms with Crippen LogP contribution in [0, 0.1) is 0 Å². The molecule has 1 aliphatic rings. The Hall–Kier alpha value is -2.60. The third-order valence-electron chi connectivity index (χ3n) is 5.64. The van der Waals surface area contributed by atoms with Crippen LogP contribution in [0.3, 0.4) is 0 Å². The van der Waals surface area contributed by atoms with E-state index in [4.69, 9.17) is 4.74 Å². The van der Waals surface area contributed by atoms with Gasteiger partial charge in [0.15, 0.2) is 5.96 Å². The molecule has 0 saturated carbocycles. The molecule has 30 heavy (non-hydrogen) atoms. The van der Waals surface area contributed by atoms with E-state index in [1.807, 2.05) is 25.4 Å². The van der Waals surface area contributed by atoms with Gasteiger partial charge in [-0.15, -0.1) is 0 Å². The van der Waals surface area contributed by atoms with Crippen LogP contribution in [0.4, 0.5) is 0 Å². The number of nitrogens with one attached hydrogen (secondary N) is 2. The van der Waals surface area contributed by atoms with Gasteiger partial charge in [-0.05, 0) is 37.3 Å². The third kappa shape index (κ3) is 6.46. The lowest BCUT2D eigenvalue weighted by molar-refractivity contribution is 0.158. The van der Waals surface area contributed by atoms with Gasteiger partial charge in [-0.1, -0.05) is 43.3 Å². The minimum absolute atomic E-state index is 0.443. The highest BCUT2D eigenvalue weighted by Gasteiger charge is 2.23. The number of hydrogen-bond acceptors (Lipinski definition) is 4. The first-order valence-electron chi connectivity index (χ1n) is 11.0. The van der Waals surface area contributed by atoms with Crippen LogP contribution in [0.1, 0.15) is 50.3 Å². The van der Waals surface area contributed by atoms with Crippen LogP contribution in [0.5, 0.6) is 5.88 Å². The van der Waals surface area contributed by atoms with Gasteiger partial charge in [-0.25, -0.2) is 4.98 Å². The molecule has 1 atom stereocenters. The lowest BCUT2D eigenvalue weighted by atomic mass is 10.0. The molecule has 1 saturated heterocycles. The minimum Gasteiger partial charge on any atom is -0.478 e. The van der Waals surface area contributed by atoms with Gasteiger partial charge in [0.05, 0.1) is 6.61 Å². The first-order valence-corrected chi connectivity index (χ1v) is 11.0. The van der Waals surface area contributed by atoms with Crippen molar-refractivity contribution in [3.05, 3.63) is 59.8 Å². The van der Waals surface area contributed by atoms with Crippen LogP contribution < -0.4 is 15.4 Å². The van der Waals surface area contributed by atoms with E-state index in [2.05, 4.69) is 69.7 Å². The number of guanidine groups is 1. The number of likely N-dealkylation sites (tertiary alicyclic amines) is 1. The highest BCUT2D eigenvalue weighted by molar-refractivity contribution is 5.79. The zero-order chi connectivity index (χ0) is 21.2. The topological polar surface area (TPSA) is 61.8 Å². The Morgan fingerprint density at radius 3 is 2.60 bits per heavy atom. The Morgan fingerprint density at radius 1 is 1.20 bits per heavy atom. The summed E-state index contributed by atoms with van der Waals surface area (Å²) in [6, 6.07) is 15.6. The minimum atomic E-state index is 0.443. The fraction of sp³-hybridized carbons (Fsp3) is 0.500. The second kappa shape index (κ2) is 11.6. The summed E-state index contributed by atoms with van der Waals surface area (Å²) >= 11 is 0. The lowest BCUT2D eigenvalue weighted by Crippen LogP contribution is -2.48. The average molecular weight is 410 g/mol. The average Bonchev–Trinajstić information content (AvgIpc) is 2.81. The molecule has 162 valence electrons. The number of aromatic nitrogens is 1. The number of nitrogens with zero attached hydrogens (tertiary/aromatic N) is 3. The smallest absolute Gasteiger partial charge is 0.213 e. The summed E-state index contributed by atoms with van der Waals surface area (Å²) in [7, 11) is 1.82. The van der Waals surface area contributed by atoms with Crippen molar-refractivity contribution in [3.63, 3.8) is 0 Å². The molecule has 6 nitrogen and oxygen atoms in total. The maximum Gasteiger partial charge on any atom is 0.213 e. The molecule has 3 rings (SSSR count). The quantitative estimate of drug-likeness (QED) is 0.513. The molecule has 2 N–H and O–H groups in total. The molecule has 1 aliphatic heterocycles. The van der Waals surface area contributed by atoms with Gasteiger partial charge in [0.2, 0.25) is 5.88 Å². The zero-order valence-electron chi connectivity index (χ0n) is 18.5. The van der Waals surface area contributed by atoms with Crippen LogP contribution in [0.25, 0.3) is 0 Å². The van der Waals surface area contributed by atoms with E-state index in [0.29, 0.717) is 31.1 Å². The summed E-state index contributed by atoms with van der Waals surface area (Å²) in [4.78, 5) is 11.3. The number of hydrogen-bond donors (Lipinski definition) is 2. The molecular weight excluding hydrogens is 374 g/mol. The Labute approximate surface area is 180 Å². The van der Waals surface area contributed by atoms with E-state index in [1.165, 1.54) is 5.56 Å². The molecule has 6 heteroatoms. The third-order valence-corrected chi connectivity index (χ3v) is 5.64. The molecule has 1 fully saturated rings. The highest BCUT2D eigenvalue weighted by Crippen LogP contribution is 2.24. The molecule has 1 unspecified atom stereocenters. The lowest BCUT2D eigenvalue weighted by Gasteiger charge is -2.37. The second-order valence-corrected chi connectivity index (χ2v) is 7.82. The van der Waals surface area contributed by atoms with E-state index in [9.17, 15) is 0 Å². The van der Waals surface area contributed by atoms with Crippen LogP contribution in [-0.4, -0.2) is 48.6 Å². The highest BCUT2D eigenvalue weighted by atomic mass is 16.5. The molecule has 0 bridgehead atoms. The first-order chi connectivity index (χ1) is 14.7. The molecule has 2 heterocycles. The Kier molecular flexibility index (Phi) is 8.51. The fourth-order valence-corrected chi connectivity index (χ4v) is 3.75. The van der Waals surface area contributed by atoms with Crippen LogP contribution in [-0.2, 0) is 6.54 Å². The maximum absolute atomic E-state index is 5.54. The number of aliphatic imine (C=N–C) groups is 1. The van der Waals surface area contributed by atoms with Gasteiger partial charge < -0.3 is 15.4 Å². The zero-order valence-corrected chi connectivity index (χ0v) is 18.5. The maximum atomic E-state index is 5.54. The van der Waals surface area contributed by atoms with E-state index < -0.39 is 0 Å². The van der Waals surface area contributed by atoms with E-state index in [0.717, 1.165) is 43.9 Å². The second-order valence-electron chi connectivity index (χ2n) is 7.82. The summed E-state index contributed by atoms with van der Waals surface area (Å²) in [6.07, 6.45) is 5.07. The van der Waals surface area contributed by atoms with Crippen LogP contribution in [0.2, 0.25) is 0 Å². The molecule has 0 amide bonds. The summed E-state index contributed by atoms with van der Waals surface area (Å²) < 4.78 is 5.54. The predicted molar refractivity (Wildman–Crippen MR) is 123 cm³/mol. The molecule has 1 aromatic heterocycles. The van der Waals surface area contributed by atoms with E-state index >= 15 is 0 Å². The van der Waals surface area contributed by atoms with E-state index in [-0.39, 0.29) is 0 Å². The van der Waals surface area contributed by atoms with Crippen molar-refractivity contribution in [2.75, 3.05) is 26.7 Å². The number of benzene rings is 1. The molecule has 0 radical (unpaired) electrons. The van der Waals surface area contributed by atoms with Gasteiger partial charge in [-0.3, -0.25) is 9.89 Å². The first kappa shape index (κ1) is 22.1. The van der Waals surface area contributed by atoms with Crippen LogP contribution >= 0.6 is 0 Å². The van der Waals surface area contributed by atoms with Crippen molar-refractivity contribution in [2.24, 2.45) is 4.99 Å². The van der Waals surface area contributed by atoms with Gasteiger partial charge in [0.25, 0.3) is 0 Å². The summed E-state index contributed by atoms with van der Waals surface area (Å²) in [5.41, 5.74) is 2.49. The molecule has 0 spiro atoms. The Balaban J connectivity index is 1.42. The molecule has 1 aromatic carbocycles. The molecule has 2 aromatic rings. The van der Waals surface area contributed by atoms with Gasteiger partial charge >= 0.3 is 0 Å². The monoisotopic (exact) mass is 409 g/mol. The van der Waals surface area contributed by atoms with Crippen LogP contribution in [0.15, 0.2) is 53.7 Å². The van der Waals surface area contributed by atoms with Crippen molar-refractivity contribution in [3.8, 4) is 5.88 Å².